The maximum absolute atomic E-state index is 7.69. The van der Waals surface area contributed by atoms with E-state index in [4.69, 9.17) is 11.6 Å². The summed E-state index contributed by atoms with van der Waals surface area (Å²) in [5.41, 5.74) is 0. The summed E-state index contributed by atoms with van der Waals surface area (Å²) in [6, 6.07) is 6.68. The largest absolute Gasteiger partial charge is 0.457 e. The minimum atomic E-state index is -0.426. The van der Waals surface area contributed by atoms with Crippen LogP contribution in [0.4, 0.5) is 0 Å². The number of hydrogen-bond donors (Lipinski definition) is 0. The van der Waals surface area contributed by atoms with Crippen LogP contribution in [0.5, 0.6) is 11.5 Å². The molecule has 0 radical (unpaired) electrons. The van der Waals surface area contributed by atoms with E-state index in [2.05, 4.69) is 0 Å². The summed E-state index contributed by atoms with van der Waals surface area (Å²) in [4.78, 5) is 0. The van der Waals surface area contributed by atoms with Gasteiger partial charge in [0.1, 0.15) is 11.5 Å². The second-order valence-corrected chi connectivity index (χ2v) is 2.37. The Morgan fingerprint density at radius 2 is 1.54 bits per heavy atom. The Balaban J connectivity index is 2.52. The predicted molar refractivity (Wildman–Crippen MR) is 53.0 cm³/mol. The number of benzene rings is 2. The van der Waals surface area contributed by atoms with E-state index in [1.807, 2.05) is 0 Å². The van der Waals surface area contributed by atoms with Crippen molar-refractivity contribution in [2.24, 2.45) is 0 Å². The van der Waals surface area contributed by atoms with Crippen LogP contribution in [0.3, 0.4) is 0 Å². The summed E-state index contributed by atoms with van der Waals surface area (Å²) in [5, 5.41) is 0. The zero-order valence-corrected chi connectivity index (χ0v) is 6.79. The van der Waals surface area contributed by atoms with Gasteiger partial charge >= 0.3 is 0 Å². The van der Waals surface area contributed by atoms with E-state index < -0.39 is 18.1 Å². The molecule has 0 aromatic heterocycles. The predicted octanol–water partition coefficient (Wildman–Crippen LogP) is 3.48. The molecule has 1 nitrogen and oxygen atoms in total. The molecule has 1 heteroatoms. The lowest BCUT2D eigenvalue weighted by molar-refractivity contribution is 0.482. The Bertz CT molecular complexity index is 554. The smallest absolute Gasteiger partial charge is 0.127 e. The molecule has 0 fully saturated rings. The zero-order valence-electron chi connectivity index (χ0n) is 11.8. The van der Waals surface area contributed by atoms with Gasteiger partial charge in [-0.3, -0.25) is 0 Å². The van der Waals surface area contributed by atoms with Gasteiger partial charge in [0.25, 0.3) is 0 Å². The van der Waals surface area contributed by atoms with E-state index in [0.717, 1.165) is 0 Å². The van der Waals surface area contributed by atoms with E-state index >= 15 is 0 Å². The van der Waals surface area contributed by atoms with Gasteiger partial charge in [-0.15, -0.1) is 0 Å². The quantitative estimate of drug-likeness (QED) is 0.687. The van der Waals surface area contributed by atoms with Crippen molar-refractivity contribution in [1.82, 2.24) is 0 Å². The molecule has 0 amide bonds. The van der Waals surface area contributed by atoms with Crippen molar-refractivity contribution in [3.8, 4) is 11.5 Å². The SMILES string of the molecule is [3H]c1c([3H])c([3H])c(Oc2ccccc2)c([3H])c1[3H]. The minimum absolute atomic E-state index is 0.160. The van der Waals surface area contributed by atoms with Gasteiger partial charge in [0, 0.05) is 0 Å². The third kappa shape index (κ3) is 2.09. The molecule has 2 rings (SSSR count). The number of para-hydroxylation sites is 2. The molecular formula is C12H10O. The van der Waals surface area contributed by atoms with E-state index in [1.165, 1.54) is 0 Å². The highest BCUT2D eigenvalue weighted by molar-refractivity contribution is 5.30. The van der Waals surface area contributed by atoms with Gasteiger partial charge in [0.2, 0.25) is 0 Å². The Kier molecular flexibility index (Phi) is 1.15. The van der Waals surface area contributed by atoms with Gasteiger partial charge in [0.05, 0.1) is 6.85 Å². The summed E-state index contributed by atoms with van der Waals surface area (Å²) in [6.07, 6.45) is 0. The molecule has 2 aromatic rings. The second-order valence-electron chi connectivity index (χ2n) is 2.37. The van der Waals surface area contributed by atoms with Crippen LogP contribution < -0.4 is 4.74 Å². The van der Waals surface area contributed by atoms with Gasteiger partial charge in [-0.1, -0.05) is 36.3 Å². The molecular weight excluding hydrogens is 160 g/mol. The lowest BCUT2D eigenvalue weighted by atomic mass is 10.3. The van der Waals surface area contributed by atoms with Crippen LogP contribution in [0.2, 0.25) is 0 Å². The molecule has 0 heterocycles. The van der Waals surface area contributed by atoms with Crippen molar-refractivity contribution in [2.45, 2.75) is 0 Å². The third-order valence-electron chi connectivity index (χ3n) is 1.44. The van der Waals surface area contributed by atoms with E-state index in [1.54, 1.807) is 30.3 Å². The van der Waals surface area contributed by atoms with Gasteiger partial charge in [-0.25, -0.2) is 0 Å². The van der Waals surface area contributed by atoms with Crippen LogP contribution in [0.15, 0.2) is 60.5 Å². The number of ether oxygens (including phenoxy) is 1. The summed E-state index contributed by atoms with van der Waals surface area (Å²) >= 11 is 0. The van der Waals surface area contributed by atoms with Crippen LogP contribution >= 0.6 is 0 Å². The van der Waals surface area contributed by atoms with Crippen molar-refractivity contribution < 1.29 is 11.6 Å². The highest BCUT2D eigenvalue weighted by atomic mass is 16.5. The monoisotopic (exact) mass is 180 g/mol. The number of rotatable bonds is 2. The summed E-state index contributed by atoms with van der Waals surface area (Å²) in [5.74, 6) is 0.267. The van der Waals surface area contributed by atoms with Crippen molar-refractivity contribution in [2.75, 3.05) is 0 Å². The second kappa shape index (κ2) is 3.76. The zero-order chi connectivity index (χ0) is 13.3. The molecule has 0 spiro atoms. The molecule has 0 bridgehead atoms. The van der Waals surface area contributed by atoms with Crippen molar-refractivity contribution in [3.63, 3.8) is 0 Å². The topological polar surface area (TPSA) is 9.23 Å². The first-order chi connectivity index (χ1) is 8.52. The molecule has 0 aliphatic carbocycles. The first kappa shape index (κ1) is 3.97. The number of hydrogen-bond acceptors (Lipinski definition) is 1. The average molecular weight is 180 g/mol. The fourth-order valence-electron chi connectivity index (χ4n) is 0.896. The first-order valence-electron chi connectivity index (χ1n) is 6.32. The van der Waals surface area contributed by atoms with Crippen LogP contribution in [0.1, 0.15) is 6.85 Å². The normalized spacial score (nSPS) is 14.9. The van der Waals surface area contributed by atoms with Gasteiger partial charge in [-0.2, -0.15) is 0 Å². The van der Waals surface area contributed by atoms with Crippen LogP contribution in [-0.2, 0) is 0 Å². The van der Waals surface area contributed by atoms with E-state index in [-0.39, 0.29) is 17.8 Å². The molecule has 0 aliphatic heterocycles. The maximum Gasteiger partial charge on any atom is 0.127 e. The molecule has 2 aromatic carbocycles. The molecule has 13 heavy (non-hydrogen) atoms. The van der Waals surface area contributed by atoms with Crippen LogP contribution in [-0.4, -0.2) is 0 Å². The molecule has 0 saturated heterocycles. The Hall–Kier alpha value is -1.76. The van der Waals surface area contributed by atoms with Crippen LogP contribution in [0, 0.1) is 0 Å². The Morgan fingerprint density at radius 1 is 0.846 bits per heavy atom. The van der Waals surface area contributed by atoms with Gasteiger partial charge in [-0.05, 0) is 24.2 Å². The molecule has 0 saturated carbocycles. The van der Waals surface area contributed by atoms with E-state index in [0.29, 0.717) is 5.75 Å². The third-order valence-corrected chi connectivity index (χ3v) is 1.44. The Labute approximate surface area is 84.6 Å². The molecule has 0 unspecified atom stereocenters. The fourth-order valence-corrected chi connectivity index (χ4v) is 0.896. The molecule has 0 aliphatic rings. The average Bonchev–Trinajstić information content (AvgIpc) is 2.40. The van der Waals surface area contributed by atoms with Crippen molar-refractivity contribution in [3.05, 3.63) is 60.5 Å². The standard InChI is InChI=1S/C12H10O/c1-3-7-11(8-4-1)13-12-9-5-2-6-10-12/h1-10H/i1T,3T,4T,7T,8T. The van der Waals surface area contributed by atoms with E-state index in [9.17, 15) is 0 Å². The first-order valence-corrected chi connectivity index (χ1v) is 3.82. The fraction of sp³-hybridized carbons (Fsp3) is 0. The highest BCUT2D eigenvalue weighted by Gasteiger charge is 1.92. The van der Waals surface area contributed by atoms with Gasteiger partial charge < -0.3 is 4.74 Å². The summed E-state index contributed by atoms with van der Waals surface area (Å²) in [7, 11) is 0. The minimum Gasteiger partial charge on any atom is -0.457 e. The van der Waals surface area contributed by atoms with Crippen LogP contribution in [0.25, 0.3) is 0 Å². The molecule has 64 valence electrons. The summed E-state index contributed by atoms with van der Waals surface area (Å²) in [6.45, 7) is 0. The summed E-state index contributed by atoms with van der Waals surface area (Å²) < 4.78 is 43.2. The van der Waals surface area contributed by atoms with Crippen molar-refractivity contribution in [1.29, 1.82) is 0 Å². The lowest BCUT2D eigenvalue weighted by Gasteiger charge is -2.03. The molecule has 0 N–H and O–H groups in total. The highest BCUT2D eigenvalue weighted by Crippen LogP contribution is 2.19. The van der Waals surface area contributed by atoms with Gasteiger partial charge in [0.15, 0.2) is 0 Å². The van der Waals surface area contributed by atoms with Crippen molar-refractivity contribution >= 4 is 0 Å². The Morgan fingerprint density at radius 3 is 2.23 bits per heavy atom. The molecule has 0 atom stereocenters. The lowest BCUT2D eigenvalue weighted by Crippen LogP contribution is -1.81. The maximum atomic E-state index is 7.69.